The van der Waals surface area contributed by atoms with Gasteiger partial charge in [0.05, 0.1) is 6.04 Å². The molecule has 1 unspecified atom stereocenters. The Hall–Kier alpha value is -1.31. The van der Waals surface area contributed by atoms with Gasteiger partial charge in [-0.25, -0.2) is 0 Å². The van der Waals surface area contributed by atoms with Gasteiger partial charge in [-0.15, -0.1) is 0 Å². The van der Waals surface area contributed by atoms with Crippen molar-refractivity contribution in [1.29, 1.82) is 0 Å². The van der Waals surface area contributed by atoms with Crippen molar-refractivity contribution in [2.45, 2.75) is 38.6 Å². The maximum Gasteiger partial charge on any atom is 0.252 e. The number of carbonyl (C=O) groups is 1. The summed E-state index contributed by atoms with van der Waals surface area (Å²) in [4.78, 5) is 11.8. The number of carbonyl (C=O) groups excluding carboxylic acids is 1. The molecule has 0 radical (unpaired) electrons. The number of benzene rings is 1. The van der Waals surface area contributed by atoms with Gasteiger partial charge in [0.2, 0.25) is 0 Å². The van der Waals surface area contributed by atoms with Gasteiger partial charge in [0.15, 0.2) is 1.41 Å². The largest absolute Gasteiger partial charge is 0.345 e. The van der Waals surface area contributed by atoms with Crippen molar-refractivity contribution < 1.29 is 6.21 Å². The number of hydrogen-bond donors (Lipinski definition) is 1. The van der Waals surface area contributed by atoms with Gasteiger partial charge in [0.25, 0.3) is 5.91 Å². The van der Waals surface area contributed by atoms with Crippen molar-refractivity contribution in [3.05, 3.63) is 35.4 Å². The highest BCUT2D eigenvalue weighted by Crippen LogP contribution is 2.28. The molecule has 1 heterocycles. The van der Waals surface area contributed by atoms with Crippen LogP contribution in [0.2, 0.25) is 1.41 Å². The van der Waals surface area contributed by atoms with Crippen molar-refractivity contribution in [1.82, 2.24) is 5.31 Å². The first-order valence-corrected chi connectivity index (χ1v) is 5.67. The minimum absolute atomic E-state index is 0.0322. The first-order chi connectivity index (χ1) is 7.75. The van der Waals surface area contributed by atoms with Crippen LogP contribution in [0.25, 0.3) is 0 Å². The quantitative estimate of drug-likeness (QED) is 0.750. The Kier molecular flexibility index (Phi) is 2.67. The second-order valence-electron chi connectivity index (χ2n) is 4.03. The minimum atomic E-state index is -0.155. The molecule has 2 rings (SSSR count). The number of nitrogens with one attached hydrogen (secondary N) is 1. The maximum absolute atomic E-state index is 11.8. The van der Waals surface area contributed by atoms with Gasteiger partial charge < -0.3 is 5.31 Å². The molecular formula is C13H17NO. The molecule has 0 aromatic heterocycles. The maximum atomic E-state index is 11.8. The van der Waals surface area contributed by atoms with Crippen LogP contribution in [0.1, 0.15) is 54.6 Å². The zero-order valence-electron chi connectivity index (χ0n) is 10.1. The average molecular weight is 204 g/mol. The molecule has 2 heteroatoms. The molecule has 0 spiro atoms. The van der Waals surface area contributed by atoms with Crippen LogP contribution in [0, 0.1) is 0 Å². The van der Waals surface area contributed by atoms with E-state index in [4.69, 9.17) is 1.41 Å². The summed E-state index contributed by atoms with van der Waals surface area (Å²) in [5.74, 6) is -0.155. The summed E-state index contributed by atoms with van der Waals surface area (Å²) in [6.07, 6.45) is 4.32. The van der Waals surface area contributed by atoms with Crippen LogP contribution >= 0.6 is 0 Å². The molecule has 1 aliphatic rings. The van der Waals surface area contributed by atoms with E-state index in [2.05, 4.69) is 6.92 Å². The zero-order valence-corrected chi connectivity index (χ0v) is 9.07. The molecule has 1 aliphatic heterocycles. The molecule has 1 N–H and O–H groups in total. The Morgan fingerprint density at radius 3 is 3.00 bits per heavy atom. The number of hydrogen-bond acceptors (Lipinski definition) is 1. The molecule has 1 amide bonds. The van der Waals surface area contributed by atoms with Crippen molar-refractivity contribution in [3.63, 3.8) is 0 Å². The highest BCUT2D eigenvalue weighted by Gasteiger charge is 2.26. The fourth-order valence-electron chi connectivity index (χ4n) is 2.07. The van der Waals surface area contributed by atoms with Crippen LogP contribution in [0.15, 0.2) is 24.3 Å². The average Bonchev–Trinajstić information content (AvgIpc) is 2.55. The number of fused-ring (bicyclic) bond motifs is 1. The van der Waals surface area contributed by atoms with E-state index in [1.165, 1.54) is 12.8 Å². The Bertz CT molecular complexity index is 391. The third-order valence-electron chi connectivity index (χ3n) is 2.90. The Morgan fingerprint density at radius 1 is 1.40 bits per heavy atom. The van der Waals surface area contributed by atoms with Crippen LogP contribution in [-0.4, -0.2) is 5.91 Å². The highest BCUT2D eigenvalue weighted by atomic mass is 16.2. The molecule has 1 atom stereocenters. The van der Waals surface area contributed by atoms with Gasteiger partial charge in [-0.05, 0) is 18.1 Å². The molecule has 80 valence electrons. The second-order valence-corrected chi connectivity index (χ2v) is 4.03. The summed E-state index contributed by atoms with van der Waals surface area (Å²) >= 11 is 0. The lowest BCUT2D eigenvalue weighted by molar-refractivity contribution is 0.0954. The normalized spacial score (nSPS) is 20.3. The Labute approximate surface area is 92.2 Å². The first kappa shape index (κ1) is 8.96. The van der Waals surface area contributed by atoms with E-state index in [0.717, 1.165) is 23.7 Å². The van der Waals surface area contributed by atoms with Crippen LogP contribution in [0.3, 0.4) is 0 Å². The second kappa shape index (κ2) is 4.47. The number of rotatable bonds is 4. The minimum Gasteiger partial charge on any atom is -0.345 e. The lowest BCUT2D eigenvalue weighted by atomic mass is 10.0. The number of amides is 1. The van der Waals surface area contributed by atoms with Gasteiger partial charge in [-0.2, -0.15) is 0 Å². The monoisotopic (exact) mass is 204 g/mol. The summed E-state index contributed by atoms with van der Waals surface area (Å²) < 4.78 is 7.80. The van der Waals surface area contributed by atoms with Gasteiger partial charge in [0, 0.05) is 5.56 Å². The molecule has 15 heavy (non-hydrogen) atoms. The Balaban J connectivity index is 2.17. The van der Waals surface area contributed by atoms with Crippen LogP contribution in [-0.2, 0) is 0 Å². The Morgan fingerprint density at radius 2 is 2.20 bits per heavy atom. The van der Waals surface area contributed by atoms with Gasteiger partial charge in [-0.1, -0.05) is 44.4 Å². The van der Waals surface area contributed by atoms with Crippen LogP contribution < -0.4 is 5.31 Å². The van der Waals surface area contributed by atoms with Crippen molar-refractivity contribution in [2.24, 2.45) is 0 Å². The summed E-state index contributed by atoms with van der Waals surface area (Å²) in [6, 6.07) is 7.56. The molecule has 0 saturated heterocycles. The van der Waals surface area contributed by atoms with Gasteiger partial charge in [0.1, 0.15) is 0 Å². The third kappa shape index (κ3) is 2.04. The van der Waals surface area contributed by atoms with E-state index in [1.54, 1.807) is 0 Å². The summed E-state index contributed by atoms with van der Waals surface area (Å²) in [5.41, 5.74) is 1.73. The highest BCUT2D eigenvalue weighted by molar-refractivity contribution is 5.99. The van der Waals surface area contributed by atoms with Crippen molar-refractivity contribution in [3.8, 4) is 0 Å². The first-order valence-electron chi connectivity index (χ1n) is 6.11. The SMILES string of the molecule is [2H]N1C(=O)c2ccccc2C1CCCCC. The lowest BCUT2D eigenvalue weighted by Crippen LogP contribution is -2.18. The van der Waals surface area contributed by atoms with E-state index in [1.807, 2.05) is 24.3 Å². The van der Waals surface area contributed by atoms with E-state index >= 15 is 0 Å². The van der Waals surface area contributed by atoms with Crippen LogP contribution in [0.5, 0.6) is 0 Å². The molecule has 1 aromatic rings. The summed E-state index contributed by atoms with van der Waals surface area (Å²) in [5, 5.41) is 1.14. The molecule has 0 aliphatic carbocycles. The van der Waals surface area contributed by atoms with E-state index in [9.17, 15) is 4.79 Å². The van der Waals surface area contributed by atoms with Gasteiger partial charge >= 0.3 is 0 Å². The predicted octanol–water partition coefficient (Wildman–Crippen LogP) is 3.05. The van der Waals surface area contributed by atoms with Crippen molar-refractivity contribution in [2.75, 3.05) is 0 Å². The molecule has 2 nitrogen and oxygen atoms in total. The molecular weight excluding hydrogens is 186 g/mol. The van der Waals surface area contributed by atoms with Crippen LogP contribution in [0.4, 0.5) is 0 Å². The zero-order chi connectivity index (χ0) is 11.5. The fourth-order valence-corrected chi connectivity index (χ4v) is 2.07. The van der Waals surface area contributed by atoms with E-state index in [-0.39, 0.29) is 11.9 Å². The molecule has 0 bridgehead atoms. The standard InChI is InChI=1S/C13H17NO/c1-2-3-4-9-12-10-7-5-6-8-11(10)13(15)14-12/h5-8,12H,2-4,9H2,1H3,(H,14,15)/i/hD. The smallest absolute Gasteiger partial charge is 0.252 e. The van der Waals surface area contributed by atoms with E-state index < -0.39 is 0 Å². The van der Waals surface area contributed by atoms with Gasteiger partial charge in [-0.3, -0.25) is 4.79 Å². The molecule has 0 saturated carbocycles. The molecule has 1 aromatic carbocycles. The summed E-state index contributed by atoms with van der Waals surface area (Å²) in [6.45, 7) is 2.16. The predicted molar refractivity (Wildman–Crippen MR) is 60.8 cm³/mol. The van der Waals surface area contributed by atoms with Crippen molar-refractivity contribution >= 4 is 5.91 Å². The summed E-state index contributed by atoms with van der Waals surface area (Å²) in [7, 11) is 0. The number of unbranched alkanes of at least 4 members (excludes halogenated alkanes) is 2. The van der Waals surface area contributed by atoms with E-state index in [0.29, 0.717) is 5.56 Å². The third-order valence-corrected chi connectivity index (χ3v) is 2.90. The topological polar surface area (TPSA) is 29.1 Å². The lowest BCUT2D eigenvalue weighted by Gasteiger charge is -2.10. The molecule has 0 fully saturated rings. The fraction of sp³-hybridized carbons (Fsp3) is 0.462.